The molecule has 0 fully saturated rings. The molecule has 0 aliphatic rings. The predicted octanol–water partition coefficient (Wildman–Crippen LogP) is 3.51. The summed E-state index contributed by atoms with van der Waals surface area (Å²) < 4.78 is 36.3. The third-order valence-corrected chi connectivity index (χ3v) is 2.04. The predicted molar refractivity (Wildman–Crippen MR) is 38.9 cm³/mol. The van der Waals surface area contributed by atoms with Gasteiger partial charge in [-0.3, -0.25) is 0 Å². The lowest BCUT2D eigenvalue weighted by molar-refractivity contribution is -0.0206. The highest BCUT2D eigenvalue weighted by Crippen LogP contribution is 2.42. The van der Waals surface area contributed by atoms with Gasteiger partial charge in [0, 0.05) is 11.8 Å². The van der Waals surface area contributed by atoms with Crippen molar-refractivity contribution in [2.24, 2.45) is 0 Å². The van der Waals surface area contributed by atoms with E-state index in [1.54, 1.807) is 0 Å². The van der Waals surface area contributed by atoms with Gasteiger partial charge in [-0.05, 0) is 11.6 Å². The molecule has 0 rings (SSSR count). The zero-order valence-corrected chi connectivity index (χ0v) is 7.78. The number of halogens is 6. The van der Waals surface area contributed by atoms with Gasteiger partial charge in [-0.2, -0.15) is 8.78 Å². The summed E-state index contributed by atoms with van der Waals surface area (Å²) in [5.41, 5.74) is 0. The second-order valence-corrected chi connectivity index (χ2v) is 3.51. The van der Waals surface area contributed by atoms with Gasteiger partial charge in [-0.15, -0.1) is 0 Å². The molecule has 0 aromatic carbocycles. The van der Waals surface area contributed by atoms with Crippen molar-refractivity contribution in [3.05, 3.63) is 0 Å². The summed E-state index contributed by atoms with van der Waals surface area (Å²) in [6.45, 7) is 0. The van der Waals surface area contributed by atoms with Gasteiger partial charge in [0.2, 0.25) is 0 Å². The average Bonchev–Trinajstić information content (AvgIpc) is 1.61. The van der Waals surface area contributed by atoms with Crippen LogP contribution in [0.15, 0.2) is 0 Å². The molecule has 0 nitrogen and oxygen atoms in total. The van der Waals surface area contributed by atoms with E-state index in [1.807, 2.05) is 0 Å². The minimum Gasteiger partial charge on any atom is -0.218 e. The number of rotatable bonds is 3. The van der Waals surface area contributed by atoms with Gasteiger partial charge < -0.3 is 0 Å². The average molecular weight is 260 g/mol. The van der Waals surface area contributed by atoms with Gasteiger partial charge in [0.25, 0.3) is 5.13 Å². The molecule has 6 heteroatoms. The van der Waals surface area contributed by atoms with Crippen LogP contribution in [0.2, 0.25) is 0 Å². The standard InChI is InChI=1S/C4H4BrCl2F3/c5-2-1-3(6,8)4(7,9)10/h1-2H2/t3-/m1/s1. The van der Waals surface area contributed by atoms with E-state index < -0.39 is 16.9 Å². The maximum Gasteiger partial charge on any atom is 0.369 e. The van der Waals surface area contributed by atoms with E-state index in [-0.39, 0.29) is 5.33 Å². The third-order valence-electron chi connectivity index (χ3n) is 0.823. The molecule has 0 bridgehead atoms. The Morgan fingerprint density at radius 2 is 1.60 bits per heavy atom. The molecule has 1 atom stereocenters. The summed E-state index contributed by atoms with van der Waals surface area (Å²) in [7, 11) is 0. The number of alkyl halides is 6. The normalized spacial score (nSPS) is 18.6. The van der Waals surface area contributed by atoms with Crippen molar-refractivity contribution in [1.29, 1.82) is 0 Å². The largest absolute Gasteiger partial charge is 0.369 e. The first kappa shape index (κ1) is 10.8. The van der Waals surface area contributed by atoms with Crippen LogP contribution in [-0.4, -0.2) is 15.8 Å². The van der Waals surface area contributed by atoms with E-state index in [4.69, 9.17) is 11.6 Å². The van der Waals surface area contributed by atoms with E-state index in [1.165, 1.54) is 0 Å². The summed E-state index contributed by atoms with van der Waals surface area (Å²) in [4.78, 5) is 0. The quantitative estimate of drug-likeness (QED) is 0.681. The Morgan fingerprint density at radius 1 is 1.20 bits per heavy atom. The number of hydrogen-bond acceptors (Lipinski definition) is 0. The van der Waals surface area contributed by atoms with Crippen molar-refractivity contribution < 1.29 is 13.2 Å². The lowest BCUT2D eigenvalue weighted by atomic mass is 10.3. The molecule has 0 heterocycles. The Bertz CT molecular complexity index is 112. The van der Waals surface area contributed by atoms with Crippen LogP contribution >= 0.6 is 39.1 Å². The fraction of sp³-hybridized carbons (Fsp3) is 1.00. The zero-order chi connectivity index (χ0) is 8.41. The lowest BCUT2D eigenvalue weighted by Crippen LogP contribution is -2.34. The highest BCUT2D eigenvalue weighted by molar-refractivity contribution is 9.09. The maximum atomic E-state index is 12.5. The molecule has 0 aliphatic carbocycles. The van der Waals surface area contributed by atoms with Gasteiger partial charge in [-0.25, -0.2) is 4.39 Å². The van der Waals surface area contributed by atoms with E-state index in [0.29, 0.717) is 0 Å². The number of hydrogen-bond donors (Lipinski definition) is 0. The second-order valence-electron chi connectivity index (χ2n) is 1.64. The SMILES string of the molecule is FC(F)(Cl)[C@@](F)(Cl)CCBr. The summed E-state index contributed by atoms with van der Waals surface area (Å²) >= 11 is 11.8. The molecular formula is C4H4BrCl2F3. The second kappa shape index (κ2) is 3.50. The fourth-order valence-corrected chi connectivity index (χ4v) is 1.22. The Hall–Kier alpha value is 0.850. The molecule has 0 radical (unpaired) electrons. The van der Waals surface area contributed by atoms with E-state index in [0.717, 1.165) is 0 Å². The molecule has 0 aromatic rings. The molecule has 0 amide bonds. The maximum absolute atomic E-state index is 12.5. The van der Waals surface area contributed by atoms with Crippen LogP contribution in [0.4, 0.5) is 13.2 Å². The summed E-state index contributed by atoms with van der Waals surface area (Å²) in [5.74, 6) is 0. The highest BCUT2D eigenvalue weighted by Gasteiger charge is 2.51. The van der Waals surface area contributed by atoms with Gasteiger partial charge >= 0.3 is 5.38 Å². The van der Waals surface area contributed by atoms with Gasteiger partial charge in [-0.1, -0.05) is 27.5 Å². The van der Waals surface area contributed by atoms with Crippen LogP contribution in [0.1, 0.15) is 6.42 Å². The van der Waals surface area contributed by atoms with Crippen LogP contribution in [0, 0.1) is 0 Å². The summed E-state index contributed by atoms with van der Waals surface area (Å²) in [5, 5.41) is -7.13. The van der Waals surface area contributed by atoms with Crippen molar-refractivity contribution in [3.8, 4) is 0 Å². The van der Waals surface area contributed by atoms with Crippen LogP contribution < -0.4 is 0 Å². The molecular weight excluding hydrogens is 256 g/mol. The van der Waals surface area contributed by atoms with Crippen molar-refractivity contribution in [2.45, 2.75) is 16.9 Å². The Kier molecular flexibility index (Phi) is 3.80. The topological polar surface area (TPSA) is 0 Å². The third kappa shape index (κ3) is 2.84. The van der Waals surface area contributed by atoms with Crippen molar-refractivity contribution in [3.63, 3.8) is 0 Å². The van der Waals surface area contributed by atoms with Gasteiger partial charge in [0.05, 0.1) is 0 Å². The van der Waals surface area contributed by atoms with Crippen LogP contribution in [0.3, 0.4) is 0 Å². The van der Waals surface area contributed by atoms with E-state index in [9.17, 15) is 13.2 Å². The minimum atomic E-state index is -4.01. The first-order valence-corrected chi connectivity index (χ1v) is 4.19. The molecule has 0 spiro atoms. The van der Waals surface area contributed by atoms with E-state index >= 15 is 0 Å². The van der Waals surface area contributed by atoms with Crippen LogP contribution in [-0.2, 0) is 0 Å². The zero-order valence-electron chi connectivity index (χ0n) is 4.68. The Balaban J connectivity index is 4.10. The van der Waals surface area contributed by atoms with Crippen LogP contribution in [0.25, 0.3) is 0 Å². The molecule has 10 heavy (non-hydrogen) atoms. The lowest BCUT2D eigenvalue weighted by Gasteiger charge is -2.21. The monoisotopic (exact) mass is 258 g/mol. The van der Waals surface area contributed by atoms with Crippen molar-refractivity contribution in [1.82, 2.24) is 0 Å². The van der Waals surface area contributed by atoms with Gasteiger partial charge in [0.1, 0.15) is 0 Å². The first-order chi connectivity index (χ1) is 4.31. The minimum absolute atomic E-state index is 0.0370. The Labute approximate surface area is 74.8 Å². The smallest absolute Gasteiger partial charge is 0.218 e. The summed E-state index contributed by atoms with van der Waals surface area (Å²) in [6.07, 6.45) is -0.537. The molecule has 0 saturated heterocycles. The molecule has 62 valence electrons. The Morgan fingerprint density at radius 3 is 1.70 bits per heavy atom. The molecule has 0 N–H and O–H groups in total. The van der Waals surface area contributed by atoms with Crippen molar-refractivity contribution in [2.75, 3.05) is 5.33 Å². The fourth-order valence-electron chi connectivity index (χ4n) is 0.260. The van der Waals surface area contributed by atoms with Crippen LogP contribution in [0.5, 0.6) is 0 Å². The van der Waals surface area contributed by atoms with E-state index in [2.05, 4.69) is 27.5 Å². The van der Waals surface area contributed by atoms with Gasteiger partial charge in [0.15, 0.2) is 0 Å². The highest BCUT2D eigenvalue weighted by atomic mass is 79.9. The molecule has 0 aromatic heterocycles. The molecule has 0 unspecified atom stereocenters. The summed E-state index contributed by atoms with van der Waals surface area (Å²) in [6, 6.07) is 0. The van der Waals surface area contributed by atoms with Crippen molar-refractivity contribution >= 4 is 39.1 Å². The molecule has 0 saturated carbocycles. The molecule has 0 aliphatic heterocycles. The first-order valence-electron chi connectivity index (χ1n) is 2.32.